The lowest BCUT2D eigenvalue weighted by Gasteiger charge is -2.20. The van der Waals surface area contributed by atoms with E-state index >= 15 is 0 Å². The molecule has 1 aromatic rings. The van der Waals surface area contributed by atoms with Crippen LogP contribution in [0.25, 0.3) is 0 Å². The molecule has 7 heteroatoms. The average Bonchev–Trinajstić information content (AvgIpc) is 2.27. The zero-order chi connectivity index (χ0) is 13.7. The highest BCUT2D eigenvalue weighted by molar-refractivity contribution is 14.1. The van der Waals surface area contributed by atoms with Crippen LogP contribution in [-0.2, 0) is 9.59 Å². The van der Waals surface area contributed by atoms with Gasteiger partial charge in [0.2, 0.25) is 5.91 Å². The van der Waals surface area contributed by atoms with Gasteiger partial charge in [0.05, 0.1) is 6.54 Å². The fourth-order valence-electron chi connectivity index (χ4n) is 1.32. The van der Waals surface area contributed by atoms with Gasteiger partial charge < -0.3 is 10.4 Å². The summed E-state index contributed by atoms with van der Waals surface area (Å²) < 4.78 is 1.03. The Labute approximate surface area is 131 Å². The minimum absolute atomic E-state index is 0. The molecule has 2 N–H and O–H groups in total. The van der Waals surface area contributed by atoms with Crippen LogP contribution >= 0.6 is 35.0 Å². The molecule has 0 fully saturated rings. The van der Waals surface area contributed by atoms with E-state index in [0.717, 1.165) is 3.57 Å². The topological polar surface area (TPSA) is 69.6 Å². The van der Waals surface area contributed by atoms with Crippen molar-refractivity contribution in [2.24, 2.45) is 0 Å². The highest BCUT2D eigenvalue weighted by atomic mass is 127. The number of carboxylic acid groups (broad SMARTS) is 1. The molecule has 0 aliphatic rings. The molecule has 0 heterocycles. The summed E-state index contributed by atoms with van der Waals surface area (Å²) in [7, 11) is 1.60. The molecule has 5 nitrogen and oxygen atoms in total. The van der Waals surface area contributed by atoms with Crippen molar-refractivity contribution in [2.45, 2.75) is 13.0 Å². The second-order valence-corrected chi connectivity index (χ2v) is 5.23. The van der Waals surface area contributed by atoms with E-state index in [9.17, 15) is 9.59 Å². The highest BCUT2D eigenvalue weighted by Crippen LogP contribution is 2.12. The molecule has 0 aliphatic heterocycles. The van der Waals surface area contributed by atoms with E-state index in [1.165, 1.54) is 4.90 Å². The first-order chi connectivity index (χ1) is 8.40. The normalized spacial score (nSPS) is 11.6. The van der Waals surface area contributed by atoms with Crippen molar-refractivity contribution in [2.75, 3.05) is 18.9 Å². The Bertz CT molecular complexity index is 456. The van der Waals surface area contributed by atoms with Crippen LogP contribution < -0.4 is 5.32 Å². The Kier molecular flexibility index (Phi) is 7.96. The second kappa shape index (κ2) is 8.34. The van der Waals surface area contributed by atoms with Crippen molar-refractivity contribution in [1.82, 2.24) is 4.90 Å². The molecule has 1 rings (SSSR count). The van der Waals surface area contributed by atoms with Gasteiger partial charge in [-0.2, -0.15) is 0 Å². The Morgan fingerprint density at radius 1 is 1.47 bits per heavy atom. The quantitative estimate of drug-likeness (QED) is 0.745. The second-order valence-electron chi connectivity index (χ2n) is 3.99. The van der Waals surface area contributed by atoms with Crippen LogP contribution in [0.4, 0.5) is 5.69 Å². The summed E-state index contributed by atoms with van der Waals surface area (Å²) in [6.07, 6.45) is 0. The fraction of sp³-hybridized carbons (Fsp3) is 0.333. The maximum Gasteiger partial charge on any atom is 0.320 e. The number of nitrogens with zero attached hydrogens (tertiary/aromatic N) is 1. The molecular weight excluding hydrogens is 382 g/mol. The number of carbonyl (C=O) groups is 2. The third kappa shape index (κ3) is 6.22. The van der Waals surface area contributed by atoms with Gasteiger partial charge in [-0.3, -0.25) is 14.5 Å². The standard InChI is InChI=1S/C12H15IN2O3.ClH/c1-8(12(17)18)15(2)7-11(16)14-10-5-3-4-9(13)6-10;/h3-6,8H,7H2,1-2H3,(H,14,16)(H,17,18);1H. The molecule has 1 amide bonds. The van der Waals surface area contributed by atoms with E-state index in [2.05, 4.69) is 27.9 Å². The first-order valence-corrected chi connectivity index (χ1v) is 6.46. The van der Waals surface area contributed by atoms with Gasteiger partial charge >= 0.3 is 5.97 Å². The monoisotopic (exact) mass is 398 g/mol. The summed E-state index contributed by atoms with van der Waals surface area (Å²) in [6, 6.07) is 6.72. The number of likely N-dealkylation sites (N-methyl/N-ethyl adjacent to an activating group) is 1. The van der Waals surface area contributed by atoms with Gasteiger partial charge in [-0.25, -0.2) is 0 Å². The number of nitrogens with one attached hydrogen (secondary N) is 1. The van der Waals surface area contributed by atoms with Crippen LogP contribution in [-0.4, -0.2) is 41.5 Å². The van der Waals surface area contributed by atoms with E-state index in [0.29, 0.717) is 5.69 Å². The number of carboxylic acids is 1. The van der Waals surface area contributed by atoms with Gasteiger partial charge in [0.1, 0.15) is 6.04 Å². The van der Waals surface area contributed by atoms with E-state index in [-0.39, 0.29) is 24.9 Å². The third-order valence-corrected chi connectivity index (χ3v) is 3.19. The van der Waals surface area contributed by atoms with E-state index in [1.807, 2.05) is 18.2 Å². The molecule has 0 radical (unpaired) electrons. The SMILES string of the molecule is CC(C(=O)O)N(C)CC(=O)Nc1cccc(I)c1.Cl. The van der Waals surface area contributed by atoms with Crippen LogP contribution in [0.5, 0.6) is 0 Å². The molecule has 0 saturated heterocycles. The predicted molar refractivity (Wildman–Crippen MR) is 84.8 cm³/mol. The van der Waals surface area contributed by atoms with Crippen LogP contribution in [0.15, 0.2) is 24.3 Å². The molecule has 19 heavy (non-hydrogen) atoms. The summed E-state index contributed by atoms with van der Waals surface area (Å²) in [5, 5.41) is 11.5. The van der Waals surface area contributed by atoms with Crippen molar-refractivity contribution in [1.29, 1.82) is 0 Å². The Hall–Kier alpha value is -0.860. The Morgan fingerprint density at radius 2 is 2.11 bits per heavy atom. The largest absolute Gasteiger partial charge is 0.480 e. The minimum Gasteiger partial charge on any atom is -0.480 e. The molecule has 1 aromatic carbocycles. The average molecular weight is 399 g/mol. The molecule has 0 aromatic heterocycles. The number of rotatable bonds is 5. The molecule has 106 valence electrons. The summed E-state index contributed by atoms with van der Waals surface area (Å²) in [5.41, 5.74) is 0.711. The zero-order valence-corrected chi connectivity index (χ0v) is 13.6. The Balaban J connectivity index is 0.00000324. The van der Waals surface area contributed by atoms with Crippen LogP contribution in [0.1, 0.15) is 6.92 Å². The summed E-state index contributed by atoms with van der Waals surface area (Å²) in [5.74, 6) is -1.17. The molecule has 0 aliphatic carbocycles. The fourth-order valence-corrected chi connectivity index (χ4v) is 1.86. The van der Waals surface area contributed by atoms with Crippen LogP contribution in [0.2, 0.25) is 0 Å². The zero-order valence-electron chi connectivity index (χ0n) is 10.6. The number of hydrogen-bond acceptors (Lipinski definition) is 3. The molecule has 0 bridgehead atoms. The molecular formula is C12H16ClIN2O3. The van der Waals surface area contributed by atoms with Gasteiger partial charge in [-0.05, 0) is 54.8 Å². The maximum absolute atomic E-state index is 11.7. The lowest BCUT2D eigenvalue weighted by molar-refractivity contribution is -0.142. The number of benzene rings is 1. The van der Waals surface area contributed by atoms with Gasteiger partial charge in [0, 0.05) is 9.26 Å². The number of aliphatic carboxylic acids is 1. The van der Waals surface area contributed by atoms with Crippen molar-refractivity contribution in [3.63, 3.8) is 0 Å². The van der Waals surface area contributed by atoms with E-state index in [1.54, 1.807) is 20.0 Å². The molecule has 1 unspecified atom stereocenters. The first kappa shape index (κ1) is 18.1. The number of amides is 1. The Morgan fingerprint density at radius 3 is 2.63 bits per heavy atom. The maximum atomic E-state index is 11.7. The van der Waals surface area contributed by atoms with Gasteiger partial charge in [0.25, 0.3) is 0 Å². The summed E-state index contributed by atoms with van der Waals surface area (Å²) in [6.45, 7) is 1.58. The smallest absolute Gasteiger partial charge is 0.320 e. The summed E-state index contributed by atoms with van der Waals surface area (Å²) in [4.78, 5) is 23.9. The molecule has 1 atom stereocenters. The number of anilines is 1. The minimum atomic E-state index is -0.945. The van der Waals surface area contributed by atoms with Gasteiger partial charge in [-0.15, -0.1) is 12.4 Å². The number of carbonyl (C=O) groups excluding carboxylic acids is 1. The molecule has 0 saturated carbocycles. The third-order valence-electron chi connectivity index (χ3n) is 2.52. The van der Waals surface area contributed by atoms with Gasteiger partial charge in [-0.1, -0.05) is 6.07 Å². The number of halogens is 2. The van der Waals surface area contributed by atoms with Crippen LogP contribution in [0, 0.1) is 3.57 Å². The molecule has 0 spiro atoms. The van der Waals surface area contributed by atoms with Gasteiger partial charge in [0.15, 0.2) is 0 Å². The van der Waals surface area contributed by atoms with Crippen molar-refractivity contribution >= 4 is 52.6 Å². The highest BCUT2D eigenvalue weighted by Gasteiger charge is 2.18. The van der Waals surface area contributed by atoms with Crippen molar-refractivity contribution in [3.8, 4) is 0 Å². The predicted octanol–water partition coefficient (Wildman–Crippen LogP) is 2.06. The van der Waals surface area contributed by atoms with Crippen molar-refractivity contribution in [3.05, 3.63) is 27.8 Å². The van der Waals surface area contributed by atoms with Crippen molar-refractivity contribution < 1.29 is 14.7 Å². The lowest BCUT2D eigenvalue weighted by Crippen LogP contribution is -2.40. The van der Waals surface area contributed by atoms with E-state index in [4.69, 9.17) is 5.11 Å². The lowest BCUT2D eigenvalue weighted by atomic mass is 10.3. The first-order valence-electron chi connectivity index (χ1n) is 5.38. The van der Waals surface area contributed by atoms with E-state index < -0.39 is 12.0 Å². The number of hydrogen-bond donors (Lipinski definition) is 2. The summed E-state index contributed by atoms with van der Waals surface area (Å²) >= 11 is 2.16. The van der Waals surface area contributed by atoms with Crippen LogP contribution in [0.3, 0.4) is 0 Å².